The van der Waals surface area contributed by atoms with Gasteiger partial charge in [0, 0.05) is 19.9 Å². The number of amides is 1. The number of anilines is 1. The van der Waals surface area contributed by atoms with Crippen LogP contribution in [0.25, 0.3) is 0 Å². The molecular weight excluding hydrogens is 222 g/mol. The third-order valence-corrected chi connectivity index (χ3v) is 2.77. The van der Waals surface area contributed by atoms with Crippen LogP contribution < -0.4 is 10.6 Å². The average molecular weight is 237 g/mol. The van der Waals surface area contributed by atoms with Crippen LogP contribution in [0.2, 0.25) is 0 Å². The van der Waals surface area contributed by atoms with Crippen molar-refractivity contribution in [3.63, 3.8) is 0 Å². The molecule has 2 heterocycles. The van der Waals surface area contributed by atoms with Crippen molar-refractivity contribution in [2.45, 2.75) is 18.6 Å². The average Bonchev–Trinajstić information content (AvgIpc) is 2.81. The Bertz CT molecular complexity index is 411. The highest BCUT2D eigenvalue weighted by Crippen LogP contribution is 2.19. The molecule has 1 aliphatic heterocycles. The highest BCUT2D eigenvalue weighted by molar-refractivity contribution is 5.95. The first-order valence-corrected chi connectivity index (χ1v) is 5.41. The summed E-state index contributed by atoms with van der Waals surface area (Å²) in [4.78, 5) is 15.7. The summed E-state index contributed by atoms with van der Waals surface area (Å²) in [7, 11) is 1.62. The molecule has 1 aromatic heterocycles. The SMILES string of the molecule is COC1CNC(C(=O)Nc2ncccc2O)C1. The molecule has 0 spiro atoms. The zero-order chi connectivity index (χ0) is 12.3. The van der Waals surface area contributed by atoms with E-state index in [0.717, 1.165) is 0 Å². The van der Waals surface area contributed by atoms with E-state index in [9.17, 15) is 9.90 Å². The smallest absolute Gasteiger partial charge is 0.242 e. The Hall–Kier alpha value is -1.66. The molecule has 6 nitrogen and oxygen atoms in total. The number of rotatable bonds is 3. The van der Waals surface area contributed by atoms with Gasteiger partial charge in [-0.1, -0.05) is 0 Å². The molecule has 0 radical (unpaired) electrons. The second-order valence-electron chi connectivity index (χ2n) is 3.91. The normalized spacial score (nSPS) is 23.6. The van der Waals surface area contributed by atoms with Gasteiger partial charge in [-0.25, -0.2) is 4.98 Å². The number of nitrogens with one attached hydrogen (secondary N) is 2. The first kappa shape index (κ1) is 11.8. The number of aromatic nitrogens is 1. The van der Waals surface area contributed by atoms with Crippen molar-refractivity contribution in [1.29, 1.82) is 0 Å². The standard InChI is InChI=1S/C11H15N3O3/c1-17-7-5-8(13-6-7)11(16)14-10-9(15)3-2-4-12-10/h2-4,7-8,13,15H,5-6H2,1H3,(H,12,14,16). The number of carbonyl (C=O) groups excluding carboxylic acids is 1. The molecule has 6 heteroatoms. The first-order valence-electron chi connectivity index (χ1n) is 5.41. The minimum atomic E-state index is -0.304. The molecule has 2 unspecified atom stereocenters. The summed E-state index contributed by atoms with van der Waals surface area (Å²) < 4.78 is 5.16. The fourth-order valence-corrected chi connectivity index (χ4v) is 1.78. The minimum Gasteiger partial charge on any atom is -0.504 e. The van der Waals surface area contributed by atoms with Crippen LogP contribution in [0.5, 0.6) is 5.75 Å². The molecule has 0 aromatic carbocycles. The maximum atomic E-state index is 11.8. The molecule has 2 rings (SSSR count). The lowest BCUT2D eigenvalue weighted by Gasteiger charge is -2.11. The highest BCUT2D eigenvalue weighted by Gasteiger charge is 2.29. The predicted molar refractivity (Wildman–Crippen MR) is 61.7 cm³/mol. The molecule has 0 saturated carbocycles. The van der Waals surface area contributed by atoms with Crippen molar-refractivity contribution in [2.75, 3.05) is 19.0 Å². The van der Waals surface area contributed by atoms with Crippen molar-refractivity contribution in [3.05, 3.63) is 18.3 Å². The second-order valence-corrected chi connectivity index (χ2v) is 3.91. The van der Waals surface area contributed by atoms with Gasteiger partial charge in [0.05, 0.1) is 12.1 Å². The van der Waals surface area contributed by atoms with Crippen LogP contribution in [0.15, 0.2) is 18.3 Å². The Labute approximate surface area is 99.0 Å². The van der Waals surface area contributed by atoms with Gasteiger partial charge in [-0.3, -0.25) is 4.79 Å². The summed E-state index contributed by atoms with van der Waals surface area (Å²) in [6, 6.07) is 2.77. The zero-order valence-electron chi connectivity index (χ0n) is 9.51. The molecule has 1 aromatic rings. The topological polar surface area (TPSA) is 83.5 Å². The van der Waals surface area contributed by atoms with Crippen LogP contribution >= 0.6 is 0 Å². The van der Waals surface area contributed by atoms with Gasteiger partial charge in [0.25, 0.3) is 0 Å². The van der Waals surface area contributed by atoms with Gasteiger partial charge in [0.15, 0.2) is 11.6 Å². The van der Waals surface area contributed by atoms with E-state index in [1.54, 1.807) is 13.2 Å². The van der Waals surface area contributed by atoms with Crippen molar-refractivity contribution >= 4 is 11.7 Å². The molecule has 1 aliphatic rings. The van der Waals surface area contributed by atoms with E-state index in [0.29, 0.717) is 13.0 Å². The molecule has 17 heavy (non-hydrogen) atoms. The number of ether oxygens (including phenoxy) is 1. The van der Waals surface area contributed by atoms with Crippen LogP contribution in [0, 0.1) is 0 Å². The van der Waals surface area contributed by atoms with E-state index in [1.165, 1.54) is 12.3 Å². The van der Waals surface area contributed by atoms with Gasteiger partial charge in [0.1, 0.15) is 0 Å². The zero-order valence-corrected chi connectivity index (χ0v) is 9.51. The molecule has 0 bridgehead atoms. The summed E-state index contributed by atoms with van der Waals surface area (Å²) in [5.74, 6) is -0.0687. The van der Waals surface area contributed by atoms with E-state index in [1.807, 2.05) is 0 Å². The molecular formula is C11H15N3O3. The summed E-state index contributed by atoms with van der Waals surface area (Å²) >= 11 is 0. The minimum absolute atomic E-state index is 0.0397. The Morgan fingerprint density at radius 3 is 3.18 bits per heavy atom. The Morgan fingerprint density at radius 1 is 1.71 bits per heavy atom. The summed E-state index contributed by atoms with van der Waals surface area (Å²) in [6.07, 6.45) is 2.19. The molecule has 1 saturated heterocycles. The second kappa shape index (κ2) is 5.11. The maximum absolute atomic E-state index is 11.8. The highest BCUT2D eigenvalue weighted by atomic mass is 16.5. The first-order chi connectivity index (χ1) is 8.20. The Morgan fingerprint density at radius 2 is 2.53 bits per heavy atom. The molecule has 1 fully saturated rings. The lowest BCUT2D eigenvalue weighted by molar-refractivity contribution is -0.118. The van der Waals surface area contributed by atoms with E-state index < -0.39 is 0 Å². The number of carbonyl (C=O) groups is 1. The Balaban J connectivity index is 1.96. The van der Waals surface area contributed by atoms with E-state index >= 15 is 0 Å². The molecule has 92 valence electrons. The summed E-state index contributed by atoms with van der Waals surface area (Å²) in [5.41, 5.74) is 0. The fraction of sp³-hybridized carbons (Fsp3) is 0.455. The Kier molecular flexibility index (Phi) is 3.55. The van der Waals surface area contributed by atoms with Crippen LogP contribution in [0.4, 0.5) is 5.82 Å². The van der Waals surface area contributed by atoms with E-state index in [-0.39, 0.29) is 29.6 Å². The number of pyridine rings is 1. The predicted octanol–water partition coefficient (Wildman–Crippen LogP) is 0.103. The number of hydrogen-bond acceptors (Lipinski definition) is 5. The quantitative estimate of drug-likeness (QED) is 0.694. The maximum Gasteiger partial charge on any atom is 0.242 e. The van der Waals surface area contributed by atoms with Crippen LogP contribution in [-0.4, -0.2) is 41.8 Å². The van der Waals surface area contributed by atoms with Crippen molar-refractivity contribution < 1.29 is 14.6 Å². The summed E-state index contributed by atoms with van der Waals surface area (Å²) in [6.45, 7) is 0.656. The van der Waals surface area contributed by atoms with Crippen LogP contribution in [0.3, 0.4) is 0 Å². The van der Waals surface area contributed by atoms with Crippen molar-refractivity contribution in [3.8, 4) is 5.75 Å². The number of aromatic hydroxyl groups is 1. The number of methoxy groups -OCH3 is 1. The fourth-order valence-electron chi connectivity index (χ4n) is 1.78. The van der Waals surface area contributed by atoms with Gasteiger partial charge < -0.3 is 20.5 Å². The lowest BCUT2D eigenvalue weighted by Crippen LogP contribution is -2.35. The van der Waals surface area contributed by atoms with Gasteiger partial charge in [0.2, 0.25) is 5.91 Å². The van der Waals surface area contributed by atoms with E-state index in [2.05, 4.69) is 15.6 Å². The van der Waals surface area contributed by atoms with Gasteiger partial charge in [-0.2, -0.15) is 0 Å². The van der Waals surface area contributed by atoms with Crippen LogP contribution in [-0.2, 0) is 9.53 Å². The van der Waals surface area contributed by atoms with Crippen molar-refractivity contribution in [2.24, 2.45) is 0 Å². The third kappa shape index (κ3) is 2.72. The van der Waals surface area contributed by atoms with E-state index in [4.69, 9.17) is 4.74 Å². The summed E-state index contributed by atoms with van der Waals surface area (Å²) in [5, 5.41) is 15.1. The van der Waals surface area contributed by atoms with Crippen LogP contribution in [0.1, 0.15) is 6.42 Å². The molecule has 1 amide bonds. The number of nitrogens with zero attached hydrogens (tertiary/aromatic N) is 1. The van der Waals surface area contributed by atoms with Crippen molar-refractivity contribution in [1.82, 2.24) is 10.3 Å². The van der Waals surface area contributed by atoms with Gasteiger partial charge >= 0.3 is 0 Å². The molecule has 2 atom stereocenters. The number of hydrogen-bond donors (Lipinski definition) is 3. The third-order valence-electron chi connectivity index (χ3n) is 2.77. The molecule has 3 N–H and O–H groups in total. The van der Waals surface area contributed by atoms with Gasteiger partial charge in [-0.15, -0.1) is 0 Å². The lowest BCUT2D eigenvalue weighted by atomic mass is 10.2. The largest absolute Gasteiger partial charge is 0.504 e. The monoisotopic (exact) mass is 237 g/mol. The molecule has 0 aliphatic carbocycles. The van der Waals surface area contributed by atoms with Gasteiger partial charge in [-0.05, 0) is 18.6 Å².